The molecule has 2 aromatic rings. The molecule has 2 aromatic carbocycles. The summed E-state index contributed by atoms with van der Waals surface area (Å²) >= 11 is 5.86. The fraction of sp³-hybridized carbons (Fsp3) is 0.0714. The highest BCUT2D eigenvalue weighted by molar-refractivity contribution is 6.33. The summed E-state index contributed by atoms with van der Waals surface area (Å²) in [4.78, 5) is 21.1. The highest BCUT2D eigenvalue weighted by Crippen LogP contribution is 2.22. The maximum absolute atomic E-state index is 10.8. The first-order chi connectivity index (χ1) is 9.97. The summed E-state index contributed by atoms with van der Waals surface area (Å²) in [6.07, 6.45) is 0. The largest absolute Gasteiger partial charge is 0.478 e. The third-order valence-electron chi connectivity index (χ3n) is 2.82. The Kier molecular flexibility index (Phi) is 4.39. The van der Waals surface area contributed by atoms with Crippen molar-refractivity contribution in [3.05, 3.63) is 68.7 Å². The van der Waals surface area contributed by atoms with Crippen LogP contribution in [0.25, 0.3) is 0 Å². The lowest BCUT2D eigenvalue weighted by Gasteiger charge is -2.08. The molecule has 0 saturated carbocycles. The van der Waals surface area contributed by atoms with Crippen LogP contribution >= 0.6 is 11.6 Å². The van der Waals surface area contributed by atoms with E-state index in [9.17, 15) is 14.9 Å². The molecule has 0 heterocycles. The molecule has 0 bridgehead atoms. The van der Waals surface area contributed by atoms with Crippen LogP contribution in [0.1, 0.15) is 15.9 Å². The molecule has 2 N–H and O–H groups in total. The Morgan fingerprint density at radius 3 is 2.67 bits per heavy atom. The van der Waals surface area contributed by atoms with E-state index in [1.165, 1.54) is 24.3 Å². The van der Waals surface area contributed by atoms with Gasteiger partial charge in [-0.05, 0) is 23.8 Å². The van der Waals surface area contributed by atoms with Gasteiger partial charge in [-0.25, -0.2) is 4.79 Å². The molecular weight excluding hydrogens is 296 g/mol. The van der Waals surface area contributed by atoms with Gasteiger partial charge in [-0.1, -0.05) is 23.7 Å². The van der Waals surface area contributed by atoms with Crippen molar-refractivity contribution in [2.75, 3.05) is 5.32 Å². The third-order valence-corrected chi connectivity index (χ3v) is 3.13. The minimum absolute atomic E-state index is 0.0218. The number of carboxylic acid groups (broad SMARTS) is 1. The van der Waals surface area contributed by atoms with E-state index in [0.29, 0.717) is 12.2 Å². The summed E-state index contributed by atoms with van der Waals surface area (Å²) in [7, 11) is 0. The van der Waals surface area contributed by atoms with Crippen LogP contribution in [0.4, 0.5) is 11.4 Å². The minimum Gasteiger partial charge on any atom is -0.478 e. The van der Waals surface area contributed by atoms with E-state index in [1.54, 1.807) is 18.2 Å². The zero-order chi connectivity index (χ0) is 15.4. The molecule has 108 valence electrons. The van der Waals surface area contributed by atoms with Gasteiger partial charge in [0.25, 0.3) is 5.69 Å². The van der Waals surface area contributed by atoms with E-state index < -0.39 is 10.9 Å². The lowest BCUT2D eigenvalue weighted by molar-refractivity contribution is -0.384. The number of benzene rings is 2. The average Bonchev–Trinajstić information content (AvgIpc) is 2.45. The monoisotopic (exact) mass is 306 g/mol. The minimum atomic E-state index is -1.09. The SMILES string of the molecule is O=C(O)c1ccc(NCc2cccc([N+](=O)[O-])c2)cc1Cl. The molecule has 0 unspecified atom stereocenters. The topological polar surface area (TPSA) is 92.5 Å². The number of hydrogen-bond donors (Lipinski definition) is 2. The van der Waals surface area contributed by atoms with Crippen molar-refractivity contribution in [3.63, 3.8) is 0 Å². The Hall–Kier alpha value is -2.60. The van der Waals surface area contributed by atoms with E-state index in [4.69, 9.17) is 16.7 Å². The van der Waals surface area contributed by atoms with Crippen LogP contribution in [-0.4, -0.2) is 16.0 Å². The second-order valence-corrected chi connectivity index (χ2v) is 4.69. The fourth-order valence-corrected chi connectivity index (χ4v) is 2.04. The summed E-state index contributed by atoms with van der Waals surface area (Å²) in [6, 6.07) is 10.8. The molecule has 0 radical (unpaired) electrons. The number of halogens is 1. The summed E-state index contributed by atoms with van der Waals surface area (Å²) in [6.45, 7) is 0.366. The molecule has 0 aliphatic heterocycles. The summed E-state index contributed by atoms with van der Waals surface area (Å²) < 4.78 is 0. The first-order valence-corrected chi connectivity index (χ1v) is 6.35. The van der Waals surface area contributed by atoms with Crippen LogP contribution in [0.5, 0.6) is 0 Å². The summed E-state index contributed by atoms with van der Waals surface area (Å²) in [5.74, 6) is -1.09. The van der Waals surface area contributed by atoms with Crippen molar-refractivity contribution in [1.82, 2.24) is 0 Å². The van der Waals surface area contributed by atoms with Gasteiger partial charge >= 0.3 is 5.97 Å². The van der Waals surface area contributed by atoms with Crippen molar-refractivity contribution in [1.29, 1.82) is 0 Å². The standard InChI is InChI=1S/C14H11ClN2O4/c15-13-7-10(4-5-12(13)14(18)19)16-8-9-2-1-3-11(6-9)17(20)21/h1-7,16H,8H2,(H,18,19). The second-order valence-electron chi connectivity index (χ2n) is 4.28. The van der Waals surface area contributed by atoms with Gasteiger partial charge in [-0.2, -0.15) is 0 Å². The van der Waals surface area contributed by atoms with Crippen LogP contribution in [0, 0.1) is 10.1 Å². The number of nitrogens with one attached hydrogen (secondary N) is 1. The number of carboxylic acids is 1. The molecule has 6 nitrogen and oxygen atoms in total. The highest BCUT2D eigenvalue weighted by Gasteiger charge is 2.09. The number of anilines is 1. The van der Waals surface area contributed by atoms with Crippen LogP contribution in [-0.2, 0) is 6.54 Å². The zero-order valence-corrected chi connectivity index (χ0v) is 11.5. The first kappa shape index (κ1) is 14.8. The van der Waals surface area contributed by atoms with E-state index in [2.05, 4.69) is 5.32 Å². The maximum Gasteiger partial charge on any atom is 0.337 e. The predicted octanol–water partition coefficient (Wildman–Crippen LogP) is 3.56. The molecule has 0 amide bonds. The maximum atomic E-state index is 10.8. The molecule has 2 rings (SSSR count). The van der Waals surface area contributed by atoms with E-state index in [1.807, 2.05) is 0 Å². The Morgan fingerprint density at radius 1 is 1.29 bits per heavy atom. The fourth-order valence-electron chi connectivity index (χ4n) is 1.78. The Labute approximate surface area is 125 Å². The number of rotatable bonds is 5. The lowest BCUT2D eigenvalue weighted by atomic mass is 10.1. The van der Waals surface area contributed by atoms with Gasteiger partial charge in [0.15, 0.2) is 0 Å². The molecule has 0 aliphatic carbocycles. The summed E-state index contributed by atoms with van der Waals surface area (Å²) in [5.41, 5.74) is 1.42. The van der Waals surface area contributed by atoms with Crippen molar-refractivity contribution in [2.45, 2.75) is 6.54 Å². The molecule has 0 aromatic heterocycles. The molecule has 0 aliphatic rings. The van der Waals surface area contributed by atoms with E-state index >= 15 is 0 Å². The Bertz CT molecular complexity index is 703. The van der Waals surface area contributed by atoms with Gasteiger partial charge in [0, 0.05) is 24.4 Å². The van der Waals surface area contributed by atoms with Gasteiger partial charge in [-0.15, -0.1) is 0 Å². The van der Waals surface area contributed by atoms with Crippen LogP contribution < -0.4 is 5.32 Å². The molecule has 21 heavy (non-hydrogen) atoms. The molecule has 0 saturated heterocycles. The van der Waals surface area contributed by atoms with Crippen LogP contribution in [0.15, 0.2) is 42.5 Å². The molecule has 0 spiro atoms. The quantitative estimate of drug-likeness (QED) is 0.651. The Balaban J connectivity index is 2.10. The number of aromatic carboxylic acids is 1. The number of nitro benzene ring substituents is 1. The third kappa shape index (κ3) is 3.70. The van der Waals surface area contributed by atoms with Crippen molar-refractivity contribution in [2.24, 2.45) is 0 Å². The number of nitrogens with zero attached hydrogens (tertiary/aromatic N) is 1. The number of carbonyl (C=O) groups is 1. The molecule has 0 atom stereocenters. The number of non-ortho nitro benzene ring substituents is 1. The zero-order valence-electron chi connectivity index (χ0n) is 10.7. The van der Waals surface area contributed by atoms with Gasteiger partial charge in [0.05, 0.1) is 15.5 Å². The van der Waals surface area contributed by atoms with Gasteiger partial charge < -0.3 is 10.4 Å². The van der Waals surface area contributed by atoms with Gasteiger partial charge in [0.2, 0.25) is 0 Å². The van der Waals surface area contributed by atoms with Crippen molar-refractivity contribution < 1.29 is 14.8 Å². The van der Waals surface area contributed by atoms with Crippen molar-refractivity contribution in [3.8, 4) is 0 Å². The second kappa shape index (κ2) is 6.23. The van der Waals surface area contributed by atoms with Crippen molar-refractivity contribution >= 4 is 28.9 Å². The van der Waals surface area contributed by atoms with E-state index in [-0.39, 0.29) is 16.3 Å². The smallest absolute Gasteiger partial charge is 0.337 e. The number of hydrogen-bond acceptors (Lipinski definition) is 4. The van der Waals surface area contributed by atoms with Crippen LogP contribution in [0.2, 0.25) is 5.02 Å². The normalized spacial score (nSPS) is 10.1. The van der Waals surface area contributed by atoms with E-state index in [0.717, 1.165) is 5.56 Å². The molecule has 0 fully saturated rings. The highest BCUT2D eigenvalue weighted by atomic mass is 35.5. The molecule has 7 heteroatoms. The summed E-state index contributed by atoms with van der Waals surface area (Å²) in [5, 5.41) is 22.7. The van der Waals surface area contributed by atoms with Gasteiger partial charge in [-0.3, -0.25) is 10.1 Å². The lowest BCUT2D eigenvalue weighted by Crippen LogP contribution is -2.02. The molecular formula is C14H11ClN2O4. The predicted molar refractivity (Wildman–Crippen MR) is 78.8 cm³/mol. The first-order valence-electron chi connectivity index (χ1n) is 5.97. The van der Waals surface area contributed by atoms with Crippen LogP contribution in [0.3, 0.4) is 0 Å². The Morgan fingerprint density at radius 2 is 2.05 bits per heavy atom. The average molecular weight is 307 g/mol. The van der Waals surface area contributed by atoms with Gasteiger partial charge in [0.1, 0.15) is 0 Å². The number of nitro groups is 1.